The van der Waals surface area contributed by atoms with E-state index in [1.54, 1.807) is 0 Å². The quantitative estimate of drug-likeness (QED) is 0.726. The van der Waals surface area contributed by atoms with Gasteiger partial charge in [-0.1, -0.05) is 24.3 Å². The molecular formula is C13H14N4O2. The maximum atomic E-state index is 11.1. The molecule has 0 saturated heterocycles. The minimum Gasteiger partial charge on any atom is -0.392 e. The summed E-state index contributed by atoms with van der Waals surface area (Å²) in [7, 11) is 0. The van der Waals surface area contributed by atoms with Gasteiger partial charge in [0.25, 0.3) is 5.91 Å². The Morgan fingerprint density at radius 2 is 2.05 bits per heavy atom. The summed E-state index contributed by atoms with van der Waals surface area (Å²) in [6, 6.07) is 7.44. The number of aliphatic hydroxyl groups is 1. The Balaban J connectivity index is 2.28. The second-order valence-corrected chi connectivity index (χ2v) is 4.11. The second kappa shape index (κ2) is 5.45. The van der Waals surface area contributed by atoms with Crippen LogP contribution in [0, 0.1) is 0 Å². The molecule has 1 amide bonds. The monoisotopic (exact) mass is 258 g/mol. The first-order valence-corrected chi connectivity index (χ1v) is 5.70. The maximum absolute atomic E-state index is 11.1. The van der Waals surface area contributed by atoms with Crippen molar-refractivity contribution in [2.24, 2.45) is 5.73 Å². The summed E-state index contributed by atoms with van der Waals surface area (Å²) in [6.45, 7) is -0.0200. The molecule has 5 N–H and O–H groups in total. The summed E-state index contributed by atoms with van der Waals surface area (Å²) in [5, 5.41) is 9.08. The molecule has 2 aromatic rings. The number of aliphatic hydroxyl groups excluding tert-OH is 1. The van der Waals surface area contributed by atoms with Crippen molar-refractivity contribution in [1.29, 1.82) is 0 Å². The zero-order chi connectivity index (χ0) is 13.8. The zero-order valence-electron chi connectivity index (χ0n) is 10.2. The average molecular weight is 258 g/mol. The van der Waals surface area contributed by atoms with E-state index in [9.17, 15) is 4.79 Å². The van der Waals surface area contributed by atoms with Gasteiger partial charge in [-0.05, 0) is 11.1 Å². The van der Waals surface area contributed by atoms with E-state index < -0.39 is 5.91 Å². The van der Waals surface area contributed by atoms with Crippen molar-refractivity contribution in [3.63, 3.8) is 0 Å². The number of primary amides is 1. The van der Waals surface area contributed by atoms with Crippen molar-refractivity contribution < 1.29 is 9.90 Å². The van der Waals surface area contributed by atoms with Crippen LogP contribution in [-0.2, 0) is 13.0 Å². The van der Waals surface area contributed by atoms with Gasteiger partial charge < -0.3 is 16.6 Å². The lowest BCUT2D eigenvalue weighted by Crippen LogP contribution is -2.17. The smallest absolute Gasteiger partial charge is 0.271 e. The van der Waals surface area contributed by atoms with Crippen molar-refractivity contribution in [2.45, 2.75) is 13.0 Å². The van der Waals surface area contributed by atoms with Gasteiger partial charge in [-0.3, -0.25) is 4.79 Å². The zero-order valence-corrected chi connectivity index (χ0v) is 10.2. The second-order valence-electron chi connectivity index (χ2n) is 4.11. The number of nitrogens with two attached hydrogens (primary N) is 2. The van der Waals surface area contributed by atoms with Crippen molar-refractivity contribution in [3.8, 4) is 0 Å². The molecule has 0 aliphatic rings. The van der Waals surface area contributed by atoms with Crippen LogP contribution >= 0.6 is 0 Å². The number of nitrogens with zero attached hydrogens (tertiary/aromatic N) is 2. The van der Waals surface area contributed by atoms with E-state index in [4.69, 9.17) is 16.6 Å². The molecule has 98 valence electrons. The van der Waals surface area contributed by atoms with E-state index in [0.29, 0.717) is 12.1 Å². The van der Waals surface area contributed by atoms with Crippen LogP contribution in [0.3, 0.4) is 0 Å². The molecule has 0 aliphatic heterocycles. The first kappa shape index (κ1) is 13.0. The number of anilines is 1. The highest BCUT2D eigenvalue weighted by atomic mass is 16.3. The molecule has 6 heteroatoms. The van der Waals surface area contributed by atoms with Gasteiger partial charge in [-0.15, -0.1) is 0 Å². The van der Waals surface area contributed by atoms with Crippen LogP contribution in [-0.4, -0.2) is 21.0 Å². The summed E-state index contributed by atoms with van der Waals surface area (Å²) in [4.78, 5) is 19.1. The van der Waals surface area contributed by atoms with Crippen molar-refractivity contribution >= 4 is 11.7 Å². The summed E-state index contributed by atoms with van der Waals surface area (Å²) in [5.74, 6) is -0.670. The van der Waals surface area contributed by atoms with Gasteiger partial charge in [-0.2, -0.15) is 0 Å². The molecule has 1 aromatic carbocycles. The highest BCUT2D eigenvalue weighted by Crippen LogP contribution is 2.12. The molecule has 0 unspecified atom stereocenters. The fraction of sp³-hybridized carbons (Fsp3) is 0.154. The lowest BCUT2D eigenvalue weighted by Gasteiger charge is -2.05. The van der Waals surface area contributed by atoms with Crippen LogP contribution in [0.25, 0.3) is 0 Å². The molecule has 2 rings (SSSR count). The van der Waals surface area contributed by atoms with Crippen LogP contribution < -0.4 is 11.5 Å². The summed E-state index contributed by atoms with van der Waals surface area (Å²) < 4.78 is 0. The molecule has 1 aromatic heterocycles. The number of amides is 1. The number of benzene rings is 1. The Labute approximate surface area is 110 Å². The van der Waals surface area contributed by atoms with Crippen LogP contribution in [0.2, 0.25) is 0 Å². The molecule has 0 saturated carbocycles. The standard InChI is InChI=1S/C13H14N4O2/c14-12-11(13(15)19)17-10(6-16-12)5-8-2-1-3-9(4-8)7-18/h1-4,6,18H,5,7H2,(H2,14,16)(H2,15,19). The number of aromatic nitrogens is 2. The number of nitrogen functional groups attached to an aromatic ring is 1. The van der Waals surface area contributed by atoms with Crippen molar-refractivity contribution in [1.82, 2.24) is 9.97 Å². The molecule has 0 radical (unpaired) electrons. The van der Waals surface area contributed by atoms with E-state index in [0.717, 1.165) is 11.1 Å². The normalized spacial score (nSPS) is 10.4. The van der Waals surface area contributed by atoms with Crippen molar-refractivity contribution in [3.05, 3.63) is 53.0 Å². The van der Waals surface area contributed by atoms with Gasteiger partial charge in [-0.25, -0.2) is 9.97 Å². The van der Waals surface area contributed by atoms with Crippen LogP contribution in [0.1, 0.15) is 27.3 Å². The van der Waals surface area contributed by atoms with E-state index in [-0.39, 0.29) is 18.1 Å². The predicted molar refractivity (Wildman–Crippen MR) is 70.1 cm³/mol. The largest absolute Gasteiger partial charge is 0.392 e. The van der Waals surface area contributed by atoms with Gasteiger partial charge in [0.15, 0.2) is 11.5 Å². The lowest BCUT2D eigenvalue weighted by molar-refractivity contribution is 0.0996. The SMILES string of the molecule is NC(=O)c1nc(Cc2cccc(CO)c2)cnc1N. The predicted octanol–water partition coefficient (Wildman–Crippen LogP) is 0.241. The molecule has 1 heterocycles. The van der Waals surface area contributed by atoms with E-state index in [2.05, 4.69) is 9.97 Å². The number of hydrogen-bond acceptors (Lipinski definition) is 5. The highest BCUT2D eigenvalue weighted by molar-refractivity contribution is 5.94. The average Bonchev–Trinajstić information content (AvgIpc) is 2.41. The van der Waals surface area contributed by atoms with Gasteiger partial charge >= 0.3 is 0 Å². The Kier molecular flexibility index (Phi) is 3.72. The van der Waals surface area contributed by atoms with Crippen molar-refractivity contribution in [2.75, 3.05) is 5.73 Å². The van der Waals surface area contributed by atoms with E-state index >= 15 is 0 Å². The highest BCUT2D eigenvalue weighted by Gasteiger charge is 2.10. The minimum atomic E-state index is -0.698. The minimum absolute atomic E-state index is 0.0178. The lowest BCUT2D eigenvalue weighted by atomic mass is 10.1. The summed E-state index contributed by atoms with van der Waals surface area (Å²) in [5.41, 5.74) is 13.0. The molecule has 0 atom stereocenters. The fourth-order valence-corrected chi connectivity index (χ4v) is 1.75. The third kappa shape index (κ3) is 3.05. The first-order valence-electron chi connectivity index (χ1n) is 5.70. The molecule has 6 nitrogen and oxygen atoms in total. The van der Waals surface area contributed by atoms with Crippen LogP contribution in [0.15, 0.2) is 30.5 Å². The Morgan fingerprint density at radius 1 is 1.32 bits per heavy atom. The molecule has 19 heavy (non-hydrogen) atoms. The topological polar surface area (TPSA) is 115 Å². The van der Waals surface area contributed by atoms with Gasteiger partial charge in [0.2, 0.25) is 0 Å². The molecule has 0 aliphatic carbocycles. The Bertz CT molecular complexity index is 613. The third-order valence-corrected chi connectivity index (χ3v) is 2.64. The molecule has 0 bridgehead atoms. The van der Waals surface area contributed by atoms with E-state index in [1.807, 2.05) is 24.3 Å². The molecular weight excluding hydrogens is 244 g/mol. The third-order valence-electron chi connectivity index (χ3n) is 2.64. The van der Waals surface area contributed by atoms with Gasteiger partial charge in [0, 0.05) is 6.42 Å². The van der Waals surface area contributed by atoms with E-state index in [1.165, 1.54) is 6.20 Å². The summed E-state index contributed by atoms with van der Waals surface area (Å²) >= 11 is 0. The molecule has 0 fully saturated rings. The van der Waals surface area contributed by atoms with Gasteiger partial charge in [0.1, 0.15) is 0 Å². The van der Waals surface area contributed by atoms with Crippen LogP contribution in [0.5, 0.6) is 0 Å². The number of carbonyl (C=O) groups excluding carboxylic acids is 1. The van der Waals surface area contributed by atoms with Gasteiger partial charge in [0.05, 0.1) is 18.5 Å². The first-order chi connectivity index (χ1) is 9.10. The Hall–Kier alpha value is -2.47. The summed E-state index contributed by atoms with van der Waals surface area (Å²) in [6.07, 6.45) is 1.99. The Morgan fingerprint density at radius 3 is 2.74 bits per heavy atom. The number of carbonyl (C=O) groups is 1. The number of rotatable bonds is 4. The van der Waals surface area contributed by atoms with Crippen LogP contribution in [0.4, 0.5) is 5.82 Å². The molecule has 0 spiro atoms. The fourth-order valence-electron chi connectivity index (χ4n) is 1.75. The number of hydrogen-bond donors (Lipinski definition) is 3. The maximum Gasteiger partial charge on any atom is 0.271 e.